The zero-order valence-corrected chi connectivity index (χ0v) is 6.96. The van der Waals surface area contributed by atoms with Gasteiger partial charge in [0.15, 0.2) is 0 Å². The summed E-state index contributed by atoms with van der Waals surface area (Å²) in [6.45, 7) is 2.40. The first-order valence-electron chi connectivity index (χ1n) is 3.82. The number of allylic oxidation sites excluding steroid dienone is 1. The minimum Gasteiger partial charge on any atom is -0.489 e. The third-order valence-corrected chi connectivity index (χ3v) is 1.38. The van der Waals surface area contributed by atoms with Gasteiger partial charge in [-0.3, -0.25) is 0 Å². The molecule has 0 N–H and O–H groups in total. The van der Waals surface area contributed by atoms with Gasteiger partial charge in [0.2, 0.25) is 0 Å². The van der Waals surface area contributed by atoms with Crippen LogP contribution in [0, 0.1) is 5.82 Å². The maximum absolute atomic E-state index is 12.6. The van der Waals surface area contributed by atoms with Crippen molar-refractivity contribution < 1.29 is 9.13 Å². The molecule has 0 spiro atoms. The molecule has 0 atom stereocenters. The van der Waals surface area contributed by atoms with Crippen molar-refractivity contribution in [1.82, 2.24) is 0 Å². The first-order valence-corrected chi connectivity index (χ1v) is 3.82. The Morgan fingerprint density at radius 3 is 3.00 bits per heavy atom. The predicted molar refractivity (Wildman–Crippen MR) is 46.7 cm³/mol. The van der Waals surface area contributed by atoms with Crippen molar-refractivity contribution in [3.8, 4) is 5.75 Å². The van der Waals surface area contributed by atoms with Gasteiger partial charge in [0.1, 0.15) is 18.2 Å². The first kappa shape index (κ1) is 8.78. The highest BCUT2D eigenvalue weighted by Gasteiger charge is 1.92. The highest BCUT2D eigenvalue weighted by molar-refractivity contribution is 5.22. The van der Waals surface area contributed by atoms with Crippen molar-refractivity contribution in [2.75, 3.05) is 6.61 Å². The van der Waals surface area contributed by atoms with Gasteiger partial charge >= 0.3 is 0 Å². The maximum atomic E-state index is 12.6. The van der Waals surface area contributed by atoms with Gasteiger partial charge in [-0.25, -0.2) is 4.39 Å². The van der Waals surface area contributed by atoms with Crippen molar-refractivity contribution in [1.29, 1.82) is 0 Å². The highest BCUT2D eigenvalue weighted by atomic mass is 19.1. The van der Waals surface area contributed by atoms with Crippen LogP contribution in [0.4, 0.5) is 4.39 Å². The molecule has 0 bridgehead atoms. The molecule has 1 nitrogen and oxygen atoms in total. The summed E-state index contributed by atoms with van der Waals surface area (Å²) in [5.41, 5.74) is 0. The fraction of sp³-hybridized carbons (Fsp3) is 0.200. The lowest BCUT2D eigenvalue weighted by molar-refractivity contribution is 0.360. The molecule has 0 aliphatic heterocycles. The van der Waals surface area contributed by atoms with Crippen LogP contribution in [0.2, 0.25) is 0 Å². The fourth-order valence-corrected chi connectivity index (χ4v) is 0.797. The van der Waals surface area contributed by atoms with Crippen LogP contribution >= 0.6 is 0 Å². The summed E-state index contributed by atoms with van der Waals surface area (Å²) in [4.78, 5) is 0. The van der Waals surface area contributed by atoms with Crippen molar-refractivity contribution in [2.24, 2.45) is 0 Å². The SMILES string of the molecule is CC=CCOc1cccc(F)c1. The highest BCUT2D eigenvalue weighted by Crippen LogP contribution is 2.11. The average molecular weight is 166 g/mol. The normalized spacial score (nSPS) is 10.5. The third-order valence-electron chi connectivity index (χ3n) is 1.38. The summed E-state index contributed by atoms with van der Waals surface area (Å²) in [5.74, 6) is 0.293. The van der Waals surface area contributed by atoms with E-state index >= 15 is 0 Å². The zero-order valence-electron chi connectivity index (χ0n) is 6.96. The quantitative estimate of drug-likeness (QED) is 0.627. The monoisotopic (exact) mass is 166 g/mol. The Labute approximate surface area is 71.5 Å². The minimum atomic E-state index is -0.270. The largest absolute Gasteiger partial charge is 0.489 e. The van der Waals surface area contributed by atoms with E-state index in [9.17, 15) is 4.39 Å². The number of hydrogen-bond donors (Lipinski definition) is 0. The Balaban J connectivity index is 2.52. The lowest BCUT2D eigenvalue weighted by Crippen LogP contribution is -1.92. The van der Waals surface area contributed by atoms with E-state index in [1.807, 2.05) is 19.1 Å². The predicted octanol–water partition coefficient (Wildman–Crippen LogP) is 2.78. The van der Waals surface area contributed by atoms with Gasteiger partial charge in [0, 0.05) is 6.07 Å². The molecule has 0 fully saturated rings. The second-order valence-electron chi connectivity index (χ2n) is 2.34. The van der Waals surface area contributed by atoms with Gasteiger partial charge < -0.3 is 4.74 Å². The van der Waals surface area contributed by atoms with Gasteiger partial charge in [-0.05, 0) is 19.1 Å². The molecule has 0 heterocycles. The maximum Gasteiger partial charge on any atom is 0.126 e. The van der Waals surface area contributed by atoms with E-state index in [1.165, 1.54) is 12.1 Å². The van der Waals surface area contributed by atoms with E-state index in [-0.39, 0.29) is 5.82 Å². The van der Waals surface area contributed by atoms with Gasteiger partial charge in [-0.1, -0.05) is 18.2 Å². The summed E-state index contributed by atoms with van der Waals surface area (Å²) >= 11 is 0. The Hall–Kier alpha value is -1.31. The van der Waals surface area contributed by atoms with E-state index in [1.54, 1.807) is 12.1 Å². The summed E-state index contributed by atoms with van der Waals surface area (Å²) in [6, 6.07) is 6.11. The van der Waals surface area contributed by atoms with Crippen LogP contribution in [0.5, 0.6) is 5.75 Å². The summed E-state index contributed by atoms with van der Waals surface area (Å²) in [7, 11) is 0. The number of benzene rings is 1. The molecule has 0 amide bonds. The molecule has 1 aromatic carbocycles. The number of halogens is 1. The molecule has 64 valence electrons. The van der Waals surface area contributed by atoms with Gasteiger partial charge in [-0.15, -0.1) is 0 Å². The topological polar surface area (TPSA) is 9.23 Å². The average Bonchev–Trinajstić information content (AvgIpc) is 2.05. The standard InChI is InChI=1S/C10H11FO/c1-2-3-7-12-10-6-4-5-9(11)8-10/h2-6,8H,7H2,1H3. The Morgan fingerprint density at radius 2 is 2.33 bits per heavy atom. The van der Waals surface area contributed by atoms with Crippen LogP contribution in [0.25, 0.3) is 0 Å². The molecule has 1 aromatic rings. The summed E-state index contributed by atoms with van der Waals surface area (Å²) < 4.78 is 17.8. The molecule has 1 rings (SSSR count). The number of hydrogen-bond acceptors (Lipinski definition) is 1. The van der Waals surface area contributed by atoms with Crippen molar-refractivity contribution in [2.45, 2.75) is 6.92 Å². The van der Waals surface area contributed by atoms with Gasteiger partial charge in [-0.2, -0.15) is 0 Å². The minimum absolute atomic E-state index is 0.270. The Kier molecular flexibility index (Phi) is 3.33. The first-order chi connectivity index (χ1) is 5.83. The molecule has 0 saturated heterocycles. The van der Waals surface area contributed by atoms with E-state index in [0.29, 0.717) is 12.4 Å². The van der Waals surface area contributed by atoms with Crippen LogP contribution in [-0.2, 0) is 0 Å². The van der Waals surface area contributed by atoms with Crippen LogP contribution in [0.1, 0.15) is 6.92 Å². The van der Waals surface area contributed by atoms with E-state index < -0.39 is 0 Å². The molecule has 0 saturated carbocycles. The number of rotatable bonds is 3. The molecular formula is C10H11FO. The number of ether oxygens (including phenoxy) is 1. The molecule has 12 heavy (non-hydrogen) atoms. The second-order valence-corrected chi connectivity index (χ2v) is 2.34. The van der Waals surface area contributed by atoms with Crippen molar-refractivity contribution in [3.05, 3.63) is 42.2 Å². The Bertz CT molecular complexity index is 268. The third kappa shape index (κ3) is 2.74. The fourth-order valence-electron chi connectivity index (χ4n) is 0.797. The zero-order chi connectivity index (χ0) is 8.81. The molecule has 0 unspecified atom stereocenters. The smallest absolute Gasteiger partial charge is 0.126 e. The van der Waals surface area contributed by atoms with E-state index in [2.05, 4.69) is 0 Å². The lowest BCUT2D eigenvalue weighted by atomic mass is 10.3. The molecular weight excluding hydrogens is 155 g/mol. The summed E-state index contributed by atoms with van der Waals surface area (Å²) in [6.07, 6.45) is 3.75. The van der Waals surface area contributed by atoms with Crippen LogP contribution < -0.4 is 4.74 Å². The van der Waals surface area contributed by atoms with Gasteiger partial charge in [0.25, 0.3) is 0 Å². The molecule has 0 aliphatic rings. The van der Waals surface area contributed by atoms with Crippen LogP contribution in [0.15, 0.2) is 36.4 Å². The molecule has 2 heteroatoms. The van der Waals surface area contributed by atoms with Gasteiger partial charge in [0.05, 0.1) is 0 Å². The van der Waals surface area contributed by atoms with Crippen LogP contribution in [0.3, 0.4) is 0 Å². The van der Waals surface area contributed by atoms with E-state index in [0.717, 1.165) is 0 Å². The molecule has 0 aromatic heterocycles. The van der Waals surface area contributed by atoms with Crippen molar-refractivity contribution in [3.63, 3.8) is 0 Å². The molecule has 0 radical (unpaired) electrons. The second kappa shape index (κ2) is 4.54. The van der Waals surface area contributed by atoms with Crippen LogP contribution in [-0.4, -0.2) is 6.61 Å². The van der Waals surface area contributed by atoms with Crippen molar-refractivity contribution >= 4 is 0 Å². The summed E-state index contributed by atoms with van der Waals surface area (Å²) in [5, 5.41) is 0. The van der Waals surface area contributed by atoms with E-state index in [4.69, 9.17) is 4.74 Å². The Morgan fingerprint density at radius 1 is 1.50 bits per heavy atom. The lowest BCUT2D eigenvalue weighted by Gasteiger charge is -2.01. The molecule has 0 aliphatic carbocycles.